The highest BCUT2D eigenvalue weighted by Crippen LogP contribution is 2.26. The molecule has 2 aromatic heterocycles. The first-order valence-electron chi connectivity index (χ1n) is 6.26. The van der Waals surface area contributed by atoms with Gasteiger partial charge in [0.05, 0.1) is 21.4 Å². The lowest BCUT2D eigenvalue weighted by molar-refractivity contribution is 0.940. The maximum atomic E-state index is 6.20. The minimum absolute atomic E-state index is 0.240. The van der Waals surface area contributed by atoms with Crippen molar-refractivity contribution < 1.29 is 0 Å². The van der Waals surface area contributed by atoms with Gasteiger partial charge < -0.3 is 5.32 Å². The van der Waals surface area contributed by atoms with Crippen LogP contribution in [0.5, 0.6) is 0 Å². The van der Waals surface area contributed by atoms with Crippen LogP contribution in [0.15, 0.2) is 12.4 Å². The van der Waals surface area contributed by atoms with Crippen LogP contribution in [0.25, 0.3) is 0 Å². The number of nitrogens with zero attached hydrogens (tertiary/aromatic N) is 3. The first-order chi connectivity index (χ1) is 10.0. The lowest BCUT2D eigenvalue weighted by Crippen LogP contribution is -2.09. The third-order valence-corrected chi connectivity index (χ3v) is 4.21. The van der Waals surface area contributed by atoms with Crippen molar-refractivity contribution in [2.45, 2.75) is 19.8 Å². The fourth-order valence-electron chi connectivity index (χ4n) is 1.73. The molecule has 0 saturated heterocycles. The third kappa shape index (κ3) is 4.10. The molecule has 0 amide bonds. The second kappa shape index (κ2) is 7.45. The van der Waals surface area contributed by atoms with Crippen molar-refractivity contribution in [2.75, 3.05) is 11.9 Å². The number of halogens is 4. The number of hydrogen-bond acceptors (Lipinski definition) is 4. The summed E-state index contributed by atoms with van der Waals surface area (Å²) in [4.78, 5) is 12.4. The highest BCUT2D eigenvalue weighted by Gasteiger charge is 2.10. The summed E-state index contributed by atoms with van der Waals surface area (Å²) in [5.74, 6) is 0.597. The van der Waals surface area contributed by atoms with Crippen molar-refractivity contribution in [1.29, 1.82) is 0 Å². The highest BCUT2D eigenvalue weighted by molar-refractivity contribution is 6.42. The van der Waals surface area contributed by atoms with E-state index in [1.54, 1.807) is 6.07 Å². The van der Waals surface area contributed by atoms with Gasteiger partial charge in [-0.3, -0.25) is 0 Å². The van der Waals surface area contributed by atoms with Crippen molar-refractivity contribution >= 4 is 52.2 Å². The molecule has 1 N–H and O–H groups in total. The molecule has 0 unspecified atom stereocenters. The van der Waals surface area contributed by atoms with Gasteiger partial charge in [-0.25, -0.2) is 15.0 Å². The maximum absolute atomic E-state index is 6.20. The molecule has 21 heavy (non-hydrogen) atoms. The number of aromatic nitrogens is 3. The first kappa shape index (κ1) is 16.6. The van der Waals surface area contributed by atoms with Crippen LogP contribution in [-0.4, -0.2) is 21.5 Å². The molecule has 0 aromatic carbocycles. The van der Waals surface area contributed by atoms with Gasteiger partial charge in [-0.2, -0.15) is 0 Å². The van der Waals surface area contributed by atoms with Gasteiger partial charge in [-0.1, -0.05) is 53.3 Å². The maximum Gasteiger partial charge on any atom is 0.148 e. The van der Waals surface area contributed by atoms with Gasteiger partial charge in [0.25, 0.3) is 0 Å². The van der Waals surface area contributed by atoms with E-state index in [1.807, 2.05) is 6.92 Å². The van der Waals surface area contributed by atoms with Crippen LogP contribution in [0, 0.1) is 0 Å². The summed E-state index contributed by atoms with van der Waals surface area (Å²) in [5, 5.41) is 4.73. The smallest absolute Gasteiger partial charge is 0.148 e. The molecule has 0 aliphatic carbocycles. The van der Waals surface area contributed by atoms with Crippen molar-refractivity contribution in [3.05, 3.63) is 44.0 Å². The van der Waals surface area contributed by atoms with E-state index in [9.17, 15) is 0 Å². The van der Waals surface area contributed by atoms with Crippen LogP contribution in [0.4, 0.5) is 5.82 Å². The minimum Gasteiger partial charge on any atom is -0.368 e. The SMILES string of the molecule is CCc1ncnc(NCCc2nc(Cl)c(Cl)cc2Cl)c1Cl. The van der Waals surface area contributed by atoms with E-state index in [1.165, 1.54) is 6.33 Å². The molecular formula is C13H12Cl4N4. The Morgan fingerprint density at radius 1 is 1.05 bits per heavy atom. The van der Waals surface area contributed by atoms with Crippen LogP contribution in [0.1, 0.15) is 18.3 Å². The number of aryl methyl sites for hydroxylation is 1. The van der Waals surface area contributed by atoms with Crippen LogP contribution in [0.2, 0.25) is 20.2 Å². The van der Waals surface area contributed by atoms with Crippen LogP contribution in [0.3, 0.4) is 0 Å². The van der Waals surface area contributed by atoms with Crippen molar-refractivity contribution in [3.63, 3.8) is 0 Å². The number of hydrogen-bond donors (Lipinski definition) is 1. The molecule has 0 aliphatic heterocycles. The zero-order valence-electron chi connectivity index (χ0n) is 11.1. The molecule has 4 nitrogen and oxygen atoms in total. The van der Waals surface area contributed by atoms with Crippen molar-refractivity contribution in [3.8, 4) is 0 Å². The van der Waals surface area contributed by atoms with E-state index in [4.69, 9.17) is 46.4 Å². The molecule has 2 rings (SSSR count). The molecule has 0 fully saturated rings. The Morgan fingerprint density at radius 3 is 2.52 bits per heavy atom. The number of rotatable bonds is 5. The molecule has 0 spiro atoms. The first-order valence-corrected chi connectivity index (χ1v) is 7.77. The van der Waals surface area contributed by atoms with E-state index in [-0.39, 0.29) is 5.15 Å². The van der Waals surface area contributed by atoms with Gasteiger partial charge >= 0.3 is 0 Å². The van der Waals surface area contributed by atoms with E-state index < -0.39 is 0 Å². The highest BCUT2D eigenvalue weighted by atomic mass is 35.5. The molecule has 8 heteroatoms. The average molecular weight is 366 g/mol. The van der Waals surface area contributed by atoms with Crippen LogP contribution >= 0.6 is 46.4 Å². The number of pyridine rings is 1. The molecule has 0 saturated carbocycles. The molecule has 0 radical (unpaired) electrons. The van der Waals surface area contributed by atoms with E-state index in [0.717, 1.165) is 12.1 Å². The van der Waals surface area contributed by atoms with Gasteiger partial charge in [-0.15, -0.1) is 0 Å². The van der Waals surface area contributed by atoms with Gasteiger partial charge in [0.15, 0.2) is 0 Å². The Labute approximate surface area is 142 Å². The summed E-state index contributed by atoms with van der Waals surface area (Å²) >= 11 is 24.0. The lowest BCUT2D eigenvalue weighted by atomic mass is 10.2. The normalized spacial score (nSPS) is 10.7. The Kier molecular flexibility index (Phi) is 5.88. The molecular weight excluding hydrogens is 354 g/mol. The molecule has 0 atom stereocenters. The third-order valence-electron chi connectivity index (χ3n) is 2.81. The standard InChI is InChI=1S/C13H12Cl4N4/c1-2-9-11(16)13(20-6-19-9)18-4-3-10-7(14)5-8(15)12(17)21-10/h5-6H,2-4H2,1H3,(H,18,19,20). The lowest BCUT2D eigenvalue weighted by Gasteiger charge is -2.10. The molecule has 2 aromatic rings. The van der Waals surface area contributed by atoms with Gasteiger partial charge in [0, 0.05) is 13.0 Å². The summed E-state index contributed by atoms with van der Waals surface area (Å²) in [6.45, 7) is 2.54. The van der Waals surface area contributed by atoms with Crippen LogP contribution in [-0.2, 0) is 12.8 Å². The molecule has 0 bridgehead atoms. The Balaban J connectivity index is 2.04. The average Bonchev–Trinajstić information content (AvgIpc) is 2.46. The summed E-state index contributed by atoms with van der Waals surface area (Å²) in [6, 6.07) is 1.58. The van der Waals surface area contributed by atoms with E-state index in [0.29, 0.717) is 39.5 Å². The predicted molar refractivity (Wildman–Crippen MR) is 87.9 cm³/mol. The quantitative estimate of drug-likeness (QED) is 0.780. The topological polar surface area (TPSA) is 50.7 Å². The fraction of sp³-hybridized carbons (Fsp3) is 0.308. The van der Waals surface area contributed by atoms with Gasteiger partial charge in [-0.05, 0) is 12.5 Å². The fourth-order valence-corrected chi connectivity index (χ4v) is 2.64. The predicted octanol–water partition coefficient (Wildman–Crippen LogP) is 4.70. The van der Waals surface area contributed by atoms with Crippen molar-refractivity contribution in [2.24, 2.45) is 0 Å². The van der Waals surface area contributed by atoms with Crippen LogP contribution < -0.4 is 5.32 Å². The molecule has 112 valence electrons. The Hall–Kier alpha value is -0.810. The molecule has 0 aliphatic rings. The van der Waals surface area contributed by atoms with E-state index >= 15 is 0 Å². The largest absolute Gasteiger partial charge is 0.368 e. The summed E-state index contributed by atoms with van der Waals surface area (Å²) in [6.07, 6.45) is 2.80. The van der Waals surface area contributed by atoms with Gasteiger partial charge in [0.1, 0.15) is 22.3 Å². The Morgan fingerprint density at radius 2 is 1.81 bits per heavy atom. The minimum atomic E-state index is 0.240. The van der Waals surface area contributed by atoms with Gasteiger partial charge in [0.2, 0.25) is 0 Å². The summed E-state index contributed by atoms with van der Waals surface area (Å²) < 4.78 is 0. The Bertz CT molecular complexity index is 648. The van der Waals surface area contributed by atoms with Crippen molar-refractivity contribution in [1.82, 2.24) is 15.0 Å². The number of nitrogens with one attached hydrogen (secondary N) is 1. The second-order valence-corrected chi connectivity index (χ2v) is 5.75. The zero-order valence-corrected chi connectivity index (χ0v) is 14.2. The number of anilines is 1. The monoisotopic (exact) mass is 364 g/mol. The van der Waals surface area contributed by atoms with E-state index in [2.05, 4.69) is 20.3 Å². The molecule has 2 heterocycles. The summed E-state index contributed by atoms with van der Waals surface area (Å²) in [7, 11) is 0. The second-order valence-electron chi connectivity index (χ2n) is 4.20. The zero-order chi connectivity index (χ0) is 15.4. The summed E-state index contributed by atoms with van der Waals surface area (Å²) in [5.41, 5.74) is 1.47.